The minimum absolute atomic E-state index is 0.0663. The lowest BCUT2D eigenvalue weighted by molar-refractivity contribution is -0.0521. The zero-order valence-corrected chi connectivity index (χ0v) is 22.0. The molecule has 4 N–H and O–H groups in total. The first-order chi connectivity index (χ1) is 19.1. The summed E-state index contributed by atoms with van der Waals surface area (Å²) in [6.45, 7) is -3.07. The van der Waals surface area contributed by atoms with Gasteiger partial charge in [-0.15, -0.1) is 0 Å². The second-order valence-electron chi connectivity index (χ2n) is 10.1. The molecule has 1 aliphatic heterocycles. The number of benzene rings is 3. The van der Waals surface area contributed by atoms with Gasteiger partial charge in [-0.2, -0.15) is 8.78 Å². The Labute approximate surface area is 233 Å². The highest BCUT2D eigenvalue weighted by molar-refractivity contribution is 6.34. The molecule has 40 heavy (non-hydrogen) atoms. The molecule has 1 heterocycles. The number of nitrogens with one attached hydrogen (secondary N) is 1. The second-order valence-corrected chi connectivity index (χ2v) is 10.5. The van der Waals surface area contributed by atoms with E-state index < -0.39 is 46.1 Å². The smallest absolute Gasteiger partial charge is 0.387 e. The number of primary amides is 1. The van der Waals surface area contributed by atoms with Crippen molar-refractivity contribution in [2.24, 2.45) is 5.73 Å². The fourth-order valence-electron chi connectivity index (χ4n) is 5.59. The summed E-state index contributed by atoms with van der Waals surface area (Å²) in [4.78, 5) is 12.3. The largest absolute Gasteiger partial charge is 0.480 e. The van der Waals surface area contributed by atoms with Gasteiger partial charge >= 0.3 is 6.61 Å². The minimum Gasteiger partial charge on any atom is -0.480 e. The standard InChI is InChI=1S/C29H27ClF4N2O4/c30-25-20(31)12-22-19(23(25)24-18(27(35)38)10-11-21(26(24)32)39-28(33)34)13-29(40-22,15-4-2-1-3-5-15)14-36-16-6-8-17(37)9-7-16/h1-5,10-12,16-17,28,36-37H,6-9,13-14H2,(H2,35,38)/t16-,17+,29-/m1/s1. The lowest BCUT2D eigenvalue weighted by Gasteiger charge is -2.34. The van der Waals surface area contributed by atoms with Gasteiger partial charge in [-0.25, -0.2) is 8.78 Å². The molecule has 2 aliphatic rings. The molecular weight excluding hydrogens is 552 g/mol. The Morgan fingerprint density at radius 2 is 1.82 bits per heavy atom. The van der Waals surface area contributed by atoms with Crippen LogP contribution in [0.25, 0.3) is 11.1 Å². The van der Waals surface area contributed by atoms with Crippen LogP contribution >= 0.6 is 11.6 Å². The van der Waals surface area contributed by atoms with E-state index in [0.717, 1.165) is 36.6 Å². The fourth-order valence-corrected chi connectivity index (χ4v) is 5.85. The van der Waals surface area contributed by atoms with Crippen LogP contribution in [0, 0.1) is 11.6 Å². The molecule has 0 aromatic heterocycles. The number of amides is 1. The topological polar surface area (TPSA) is 93.8 Å². The molecule has 1 amide bonds. The third-order valence-electron chi connectivity index (χ3n) is 7.56. The van der Waals surface area contributed by atoms with Crippen molar-refractivity contribution in [3.05, 3.63) is 81.9 Å². The molecule has 11 heteroatoms. The molecule has 1 atom stereocenters. The molecule has 1 aliphatic carbocycles. The van der Waals surface area contributed by atoms with Crippen molar-refractivity contribution in [2.45, 2.75) is 56.5 Å². The summed E-state index contributed by atoms with van der Waals surface area (Å²) in [6.07, 6.45) is 2.59. The van der Waals surface area contributed by atoms with Gasteiger partial charge in [0.1, 0.15) is 11.6 Å². The summed E-state index contributed by atoms with van der Waals surface area (Å²) in [6, 6.07) is 12.3. The Morgan fingerprint density at radius 3 is 2.48 bits per heavy atom. The van der Waals surface area contributed by atoms with E-state index in [4.69, 9.17) is 22.1 Å². The van der Waals surface area contributed by atoms with E-state index in [9.17, 15) is 18.7 Å². The van der Waals surface area contributed by atoms with Crippen LogP contribution in [0.15, 0.2) is 48.5 Å². The summed E-state index contributed by atoms with van der Waals surface area (Å²) < 4.78 is 67.7. The quantitative estimate of drug-likeness (QED) is 0.298. The number of ether oxygens (including phenoxy) is 2. The van der Waals surface area contributed by atoms with Gasteiger partial charge in [0.25, 0.3) is 0 Å². The number of fused-ring (bicyclic) bond motifs is 1. The van der Waals surface area contributed by atoms with Crippen LogP contribution in [-0.4, -0.2) is 36.3 Å². The normalized spacial score (nSPS) is 22.2. The molecule has 0 spiro atoms. The molecule has 6 nitrogen and oxygen atoms in total. The van der Waals surface area contributed by atoms with Gasteiger partial charge in [0, 0.05) is 41.8 Å². The Hall–Kier alpha value is -3.34. The van der Waals surface area contributed by atoms with Gasteiger partial charge in [-0.1, -0.05) is 41.9 Å². The monoisotopic (exact) mass is 578 g/mol. The van der Waals surface area contributed by atoms with E-state index in [1.54, 1.807) is 0 Å². The van der Waals surface area contributed by atoms with Crippen molar-refractivity contribution in [1.29, 1.82) is 0 Å². The van der Waals surface area contributed by atoms with Crippen molar-refractivity contribution in [3.63, 3.8) is 0 Å². The molecule has 1 saturated carbocycles. The van der Waals surface area contributed by atoms with Crippen molar-refractivity contribution in [1.82, 2.24) is 5.32 Å². The van der Waals surface area contributed by atoms with E-state index in [1.165, 1.54) is 0 Å². The highest BCUT2D eigenvalue weighted by atomic mass is 35.5. The lowest BCUT2D eigenvalue weighted by atomic mass is 9.84. The molecule has 0 radical (unpaired) electrons. The summed E-state index contributed by atoms with van der Waals surface area (Å²) in [5, 5.41) is 12.9. The van der Waals surface area contributed by atoms with Crippen LogP contribution in [-0.2, 0) is 12.0 Å². The fraction of sp³-hybridized carbons (Fsp3) is 0.345. The van der Waals surface area contributed by atoms with Gasteiger partial charge in [0.05, 0.1) is 16.7 Å². The van der Waals surface area contributed by atoms with Crippen molar-refractivity contribution in [2.75, 3.05) is 6.54 Å². The van der Waals surface area contributed by atoms with Crippen LogP contribution in [0.5, 0.6) is 11.5 Å². The number of aliphatic hydroxyl groups is 1. The lowest BCUT2D eigenvalue weighted by Crippen LogP contribution is -2.46. The van der Waals surface area contributed by atoms with Crippen LogP contribution in [0.4, 0.5) is 17.6 Å². The van der Waals surface area contributed by atoms with Gasteiger partial charge in [-0.05, 0) is 43.4 Å². The first-order valence-corrected chi connectivity index (χ1v) is 13.2. The Balaban J connectivity index is 1.63. The van der Waals surface area contributed by atoms with Gasteiger partial charge in [0.15, 0.2) is 17.2 Å². The maximum atomic E-state index is 15.7. The molecule has 0 bridgehead atoms. The molecular formula is C29H27ClF4N2O4. The van der Waals surface area contributed by atoms with Crippen LogP contribution in [0.2, 0.25) is 5.02 Å². The molecule has 3 aromatic carbocycles. The average molecular weight is 579 g/mol. The van der Waals surface area contributed by atoms with E-state index >= 15 is 8.78 Å². The molecule has 1 fully saturated rings. The van der Waals surface area contributed by atoms with Crippen LogP contribution < -0.4 is 20.5 Å². The summed E-state index contributed by atoms with van der Waals surface area (Å²) in [7, 11) is 0. The van der Waals surface area contributed by atoms with Crippen LogP contribution in [0.1, 0.15) is 47.2 Å². The molecule has 3 aromatic rings. The number of carbonyl (C=O) groups is 1. The molecule has 0 saturated heterocycles. The summed E-state index contributed by atoms with van der Waals surface area (Å²) in [5.74, 6) is -4.14. The summed E-state index contributed by atoms with van der Waals surface area (Å²) in [5.41, 5.74) is 4.30. The van der Waals surface area contributed by atoms with Crippen molar-refractivity contribution < 1.29 is 36.9 Å². The highest BCUT2D eigenvalue weighted by Gasteiger charge is 2.44. The predicted octanol–water partition coefficient (Wildman–Crippen LogP) is 5.71. The Bertz CT molecular complexity index is 1420. The van der Waals surface area contributed by atoms with Gasteiger partial charge in [0.2, 0.25) is 5.91 Å². The number of hydrogen-bond donors (Lipinski definition) is 3. The van der Waals surface area contributed by atoms with Gasteiger partial charge in [-0.3, -0.25) is 4.79 Å². The van der Waals surface area contributed by atoms with Gasteiger partial charge < -0.3 is 25.6 Å². The van der Waals surface area contributed by atoms with Crippen molar-refractivity contribution in [3.8, 4) is 22.6 Å². The first-order valence-electron chi connectivity index (χ1n) is 12.8. The number of aliphatic hydroxyl groups excluding tert-OH is 1. The van der Waals surface area contributed by atoms with E-state index in [2.05, 4.69) is 10.1 Å². The first kappa shape index (κ1) is 28.2. The number of rotatable bonds is 8. The molecule has 5 rings (SSSR count). The van der Waals surface area contributed by atoms with E-state index in [0.29, 0.717) is 12.8 Å². The van der Waals surface area contributed by atoms with Crippen molar-refractivity contribution >= 4 is 17.5 Å². The second kappa shape index (κ2) is 11.3. The Morgan fingerprint density at radius 1 is 1.12 bits per heavy atom. The molecule has 212 valence electrons. The zero-order chi connectivity index (χ0) is 28.6. The zero-order valence-electron chi connectivity index (χ0n) is 21.2. The third kappa shape index (κ3) is 5.35. The number of carbonyl (C=O) groups excluding carboxylic acids is 1. The number of halogens is 5. The molecule has 0 unspecified atom stereocenters. The number of alkyl halides is 2. The van der Waals surface area contributed by atoms with E-state index in [1.807, 2.05) is 30.3 Å². The maximum Gasteiger partial charge on any atom is 0.387 e. The SMILES string of the molecule is NC(=O)c1ccc(OC(F)F)c(F)c1-c1c(Cl)c(F)cc2c1C[C@@](CN[C@H]1CC[C@@H](O)CC1)(c1ccccc1)O2. The average Bonchev–Trinajstić information content (AvgIpc) is 3.30. The highest BCUT2D eigenvalue weighted by Crippen LogP contribution is 2.50. The van der Waals surface area contributed by atoms with Crippen LogP contribution in [0.3, 0.4) is 0 Å². The van der Waals surface area contributed by atoms with E-state index in [-0.39, 0.29) is 47.6 Å². The maximum absolute atomic E-state index is 15.7. The number of nitrogens with two attached hydrogens (primary N) is 1. The number of hydrogen-bond acceptors (Lipinski definition) is 5. The summed E-state index contributed by atoms with van der Waals surface area (Å²) >= 11 is 6.39. The predicted molar refractivity (Wildman–Crippen MR) is 141 cm³/mol. The minimum atomic E-state index is -3.35. The third-order valence-corrected chi connectivity index (χ3v) is 7.93. The Kier molecular flexibility index (Phi) is 7.94.